The van der Waals surface area contributed by atoms with E-state index in [1.165, 1.54) is 0 Å². The molecule has 0 aliphatic rings. The van der Waals surface area contributed by atoms with Crippen molar-refractivity contribution in [1.82, 2.24) is 20.5 Å². The first kappa shape index (κ1) is 12.7. The fraction of sp³-hybridized carbons (Fsp3) is 0.267. The monoisotopic (exact) mass is 268 g/mol. The quantitative estimate of drug-likeness (QED) is 0.720. The Morgan fingerprint density at radius 1 is 1.15 bits per heavy atom. The standard InChI is InChI=1S/C15H16N4O/c1-2-16-10-8-13-18-19-15(20-13)12-7-3-5-11-6-4-9-17-14(11)12/h3-7,9,16H,2,8,10H2,1H3. The lowest BCUT2D eigenvalue weighted by atomic mass is 10.1. The van der Waals surface area contributed by atoms with Gasteiger partial charge in [-0.05, 0) is 18.7 Å². The third-order valence-corrected chi connectivity index (χ3v) is 3.10. The molecule has 0 aliphatic heterocycles. The van der Waals surface area contributed by atoms with Gasteiger partial charge in [-0.15, -0.1) is 10.2 Å². The van der Waals surface area contributed by atoms with Gasteiger partial charge >= 0.3 is 0 Å². The van der Waals surface area contributed by atoms with Gasteiger partial charge in [-0.3, -0.25) is 4.98 Å². The van der Waals surface area contributed by atoms with Crippen molar-refractivity contribution in [3.05, 3.63) is 42.4 Å². The van der Waals surface area contributed by atoms with Crippen molar-refractivity contribution in [2.75, 3.05) is 13.1 Å². The molecule has 0 atom stereocenters. The third kappa shape index (κ3) is 2.53. The van der Waals surface area contributed by atoms with Crippen molar-refractivity contribution in [1.29, 1.82) is 0 Å². The van der Waals surface area contributed by atoms with Crippen LogP contribution in [0.25, 0.3) is 22.4 Å². The van der Waals surface area contributed by atoms with E-state index in [0.29, 0.717) is 11.8 Å². The molecule has 5 heteroatoms. The van der Waals surface area contributed by atoms with E-state index in [1.54, 1.807) is 6.20 Å². The van der Waals surface area contributed by atoms with E-state index in [-0.39, 0.29) is 0 Å². The summed E-state index contributed by atoms with van der Waals surface area (Å²) in [6.07, 6.45) is 2.51. The molecule has 3 aromatic rings. The van der Waals surface area contributed by atoms with Crippen LogP contribution in [0.3, 0.4) is 0 Å². The lowest BCUT2D eigenvalue weighted by Crippen LogP contribution is -2.16. The molecule has 0 unspecified atom stereocenters. The molecule has 2 aromatic heterocycles. The van der Waals surface area contributed by atoms with Crippen molar-refractivity contribution in [2.45, 2.75) is 13.3 Å². The van der Waals surface area contributed by atoms with Crippen LogP contribution in [0.2, 0.25) is 0 Å². The molecule has 0 spiro atoms. The fourth-order valence-electron chi connectivity index (χ4n) is 2.11. The molecule has 0 saturated carbocycles. The molecular formula is C15H16N4O. The Morgan fingerprint density at radius 2 is 2.05 bits per heavy atom. The van der Waals surface area contributed by atoms with Crippen LogP contribution in [0.1, 0.15) is 12.8 Å². The Morgan fingerprint density at radius 3 is 2.95 bits per heavy atom. The molecule has 1 aromatic carbocycles. The van der Waals surface area contributed by atoms with Gasteiger partial charge in [0.25, 0.3) is 0 Å². The highest BCUT2D eigenvalue weighted by atomic mass is 16.4. The number of nitrogens with zero attached hydrogens (tertiary/aromatic N) is 3. The summed E-state index contributed by atoms with van der Waals surface area (Å²) < 4.78 is 5.72. The third-order valence-electron chi connectivity index (χ3n) is 3.10. The minimum absolute atomic E-state index is 0.529. The number of rotatable bonds is 5. The SMILES string of the molecule is CCNCCc1nnc(-c2cccc3cccnc23)o1. The second-order valence-corrected chi connectivity index (χ2v) is 4.49. The van der Waals surface area contributed by atoms with Crippen molar-refractivity contribution >= 4 is 10.9 Å². The smallest absolute Gasteiger partial charge is 0.249 e. The van der Waals surface area contributed by atoms with Gasteiger partial charge < -0.3 is 9.73 Å². The molecule has 5 nitrogen and oxygen atoms in total. The number of para-hydroxylation sites is 1. The van der Waals surface area contributed by atoms with Crippen LogP contribution in [0, 0.1) is 0 Å². The van der Waals surface area contributed by atoms with Crippen molar-refractivity contribution < 1.29 is 4.42 Å². The van der Waals surface area contributed by atoms with E-state index in [9.17, 15) is 0 Å². The molecular weight excluding hydrogens is 252 g/mol. The Balaban J connectivity index is 1.91. The topological polar surface area (TPSA) is 63.8 Å². The first-order valence-corrected chi connectivity index (χ1v) is 6.75. The van der Waals surface area contributed by atoms with Gasteiger partial charge in [-0.1, -0.05) is 25.1 Å². The molecule has 2 heterocycles. The summed E-state index contributed by atoms with van der Waals surface area (Å²) in [5, 5.41) is 12.5. The van der Waals surface area contributed by atoms with E-state index in [1.807, 2.05) is 30.3 Å². The highest BCUT2D eigenvalue weighted by Crippen LogP contribution is 2.25. The predicted octanol–water partition coefficient (Wildman–Crippen LogP) is 2.44. The summed E-state index contributed by atoms with van der Waals surface area (Å²) in [7, 11) is 0. The summed E-state index contributed by atoms with van der Waals surface area (Å²) in [6.45, 7) is 3.85. The molecule has 0 aliphatic carbocycles. The normalized spacial score (nSPS) is 11.1. The van der Waals surface area contributed by atoms with Gasteiger partial charge in [0.2, 0.25) is 11.8 Å². The Hall–Kier alpha value is -2.27. The summed E-state index contributed by atoms with van der Waals surface area (Å²) in [5.41, 5.74) is 1.77. The predicted molar refractivity (Wildman–Crippen MR) is 77.3 cm³/mol. The highest BCUT2D eigenvalue weighted by Gasteiger charge is 2.11. The van der Waals surface area contributed by atoms with E-state index < -0.39 is 0 Å². The summed E-state index contributed by atoms with van der Waals surface area (Å²) in [5.74, 6) is 1.18. The number of pyridine rings is 1. The largest absolute Gasteiger partial charge is 0.421 e. The number of likely N-dealkylation sites (N-methyl/N-ethyl adjacent to an activating group) is 1. The van der Waals surface area contributed by atoms with Crippen LogP contribution in [0.4, 0.5) is 0 Å². The van der Waals surface area contributed by atoms with E-state index >= 15 is 0 Å². The molecule has 0 fully saturated rings. The van der Waals surface area contributed by atoms with Gasteiger partial charge in [0.1, 0.15) is 0 Å². The van der Waals surface area contributed by atoms with Crippen LogP contribution in [0.15, 0.2) is 40.9 Å². The average molecular weight is 268 g/mol. The van der Waals surface area contributed by atoms with Crippen LogP contribution in [-0.2, 0) is 6.42 Å². The van der Waals surface area contributed by atoms with Gasteiger partial charge in [-0.2, -0.15) is 0 Å². The first-order chi connectivity index (χ1) is 9.88. The zero-order chi connectivity index (χ0) is 13.8. The van der Waals surface area contributed by atoms with E-state index in [0.717, 1.165) is 36.0 Å². The number of hydrogen-bond acceptors (Lipinski definition) is 5. The van der Waals surface area contributed by atoms with Crippen molar-refractivity contribution in [2.24, 2.45) is 0 Å². The minimum Gasteiger partial charge on any atom is -0.421 e. The van der Waals surface area contributed by atoms with Crippen LogP contribution < -0.4 is 5.32 Å². The number of fused-ring (bicyclic) bond motifs is 1. The number of benzene rings is 1. The van der Waals surface area contributed by atoms with Crippen molar-refractivity contribution in [3.8, 4) is 11.5 Å². The molecule has 0 amide bonds. The maximum Gasteiger partial charge on any atom is 0.249 e. The van der Waals surface area contributed by atoms with Crippen LogP contribution >= 0.6 is 0 Å². The zero-order valence-electron chi connectivity index (χ0n) is 11.3. The van der Waals surface area contributed by atoms with E-state index in [4.69, 9.17) is 4.42 Å². The molecule has 0 saturated heterocycles. The number of aromatic nitrogens is 3. The second kappa shape index (κ2) is 5.79. The maximum absolute atomic E-state index is 5.72. The number of nitrogens with one attached hydrogen (secondary N) is 1. The maximum atomic E-state index is 5.72. The summed E-state index contributed by atoms with van der Waals surface area (Å²) >= 11 is 0. The lowest BCUT2D eigenvalue weighted by Gasteiger charge is -2.00. The molecule has 1 N–H and O–H groups in total. The molecule has 0 bridgehead atoms. The molecule has 0 radical (unpaired) electrons. The Kier molecular flexibility index (Phi) is 3.69. The zero-order valence-corrected chi connectivity index (χ0v) is 11.3. The number of hydrogen-bond donors (Lipinski definition) is 1. The minimum atomic E-state index is 0.529. The Labute approximate surface area is 117 Å². The van der Waals surface area contributed by atoms with E-state index in [2.05, 4.69) is 27.4 Å². The average Bonchev–Trinajstić information content (AvgIpc) is 2.96. The highest BCUT2D eigenvalue weighted by molar-refractivity contribution is 5.91. The van der Waals surface area contributed by atoms with Crippen molar-refractivity contribution in [3.63, 3.8) is 0 Å². The van der Waals surface area contributed by atoms with Crippen LogP contribution in [-0.4, -0.2) is 28.3 Å². The van der Waals surface area contributed by atoms with Crippen LogP contribution in [0.5, 0.6) is 0 Å². The second-order valence-electron chi connectivity index (χ2n) is 4.49. The molecule has 3 rings (SSSR count). The summed E-state index contributed by atoms with van der Waals surface area (Å²) in [6, 6.07) is 9.89. The van der Waals surface area contributed by atoms with Gasteiger partial charge in [0.15, 0.2) is 0 Å². The lowest BCUT2D eigenvalue weighted by molar-refractivity contribution is 0.497. The summed E-state index contributed by atoms with van der Waals surface area (Å²) in [4.78, 5) is 4.40. The Bertz CT molecular complexity index is 702. The first-order valence-electron chi connectivity index (χ1n) is 6.75. The van der Waals surface area contributed by atoms with Gasteiger partial charge in [-0.25, -0.2) is 0 Å². The fourth-order valence-corrected chi connectivity index (χ4v) is 2.11. The van der Waals surface area contributed by atoms with Gasteiger partial charge in [0, 0.05) is 24.5 Å². The molecule has 20 heavy (non-hydrogen) atoms. The molecule has 102 valence electrons. The van der Waals surface area contributed by atoms with Gasteiger partial charge in [0.05, 0.1) is 11.1 Å².